The van der Waals surface area contributed by atoms with Crippen LogP contribution in [0, 0.1) is 5.92 Å². The molecule has 0 aromatic heterocycles. The molecule has 0 amide bonds. The minimum Gasteiger partial charge on any atom is -0.244 e. The summed E-state index contributed by atoms with van der Waals surface area (Å²) < 4.78 is 13.6. The standard InChI is InChI=1S/C11H23F/c1-5-8-11(4,12)9-7-10(3)6-2/h10H,5-9H2,1-4H3. The number of hydrogen-bond acceptors (Lipinski definition) is 0. The Balaban J connectivity index is 3.59. The molecule has 0 aromatic carbocycles. The van der Waals surface area contributed by atoms with Gasteiger partial charge in [-0.2, -0.15) is 0 Å². The van der Waals surface area contributed by atoms with Crippen molar-refractivity contribution in [2.75, 3.05) is 0 Å². The van der Waals surface area contributed by atoms with Gasteiger partial charge in [0.25, 0.3) is 0 Å². The highest BCUT2D eigenvalue weighted by Gasteiger charge is 2.21. The number of rotatable bonds is 6. The van der Waals surface area contributed by atoms with Crippen LogP contribution >= 0.6 is 0 Å². The van der Waals surface area contributed by atoms with Gasteiger partial charge in [-0.3, -0.25) is 0 Å². The van der Waals surface area contributed by atoms with E-state index >= 15 is 0 Å². The molecule has 0 saturated heterocycles. The maximum atomic E-state index is 13.6. The maximum Gasteiger partial charge on any atom is 0.108 e. The second-order valence-corrected chi connectivity index (χ2v) is 4.22. The van der Waals surface area contributed by atoms with Gasteiger partial charge in [0.2, 0.25) is 0 Å². The van der Waals surface area contributed by atoms with Gasteiger partial charge in [-0.1, -0.05) is 33.6 Å². The van der Waals surface area contributed by atoms with E-state index in [1.807, 2.05) is 6.92 Å². The summed E-state index contributed by atoms with van der Waals surface area (Å²) in [6.45, 7) is 8.14. The molecule has 0 spiro atoms. The Labute approximate surface area is 76.6 Å². The fraction of sp³-hybridized carbons (Fsp3) is 1.00. The van der Waals surface area contributed by atoms with Crippen molar-refractivity contribution in [3.8, 4) is 0 Å². The van der Waals surface area contributed by atoms with E-state index in [1.54, 1.807) is 6.92 Å². The predicted octanol–water partition coefficient (Wildman–Crippen LogP) is 4.34. The molecular formula is C11H23F. The van der Waals surface area contributed by atoms with Crippen LogP contribution < -0.4 is 0 Å². The fourth-order valence-electron chi connectivity index (χ4n) is 1.40. The Morgan fingerprint density at radius 1 is 1.25 bits per heavy atom. The summed E-state index contributed by atoms with van der Waals surface area (Å²) in [5.74, 6) is 0.678. The van der Waals surface area contributed by atoms with Crippen molar-refractivity contribution in [1.82, 2.24) is 0 Å². The topological polar surface area (TPSA) is 0 Å². The molecule has 0 rings (SSSR count). The average Bonchev–Trinajstić information content (AvgIpc) is 2.00. The molecule has 74 valence electrons. The Morgan fingerprint density at radius 2 is 1.83 bits per heavy atom. The van der Waals surface area contributed by atoms with Crippen LogP contribution in [0.4, 0.5) is 4.39 Å². The molecule has 0 aliphatic heterocycles. The summed E-state index contributed by atoms with van der Waals surface area (Å²) in [6.07, 6.45) is 4.60. The van der Waals surface area contributed by atoms with Gasteiger partial charge < -0.3 is 0 Å². The van der Waals surface area contributed by atoms with Gasteiger partial charge in [0.05, 0.1) is 0 Å². The molecule has 2 atom stereocenters. The first-order valence-electron chi connectivity index (χ1n) is 5.20. The molecule has 0 aromatic rings. The highest BCUT2D eigenvalue weighted by Crippen LogP contribution is 2.26. The third-order valence-corrected chi connectivity index (χ3v) is 2.63. The van der Waals surface area contributed by atoms with Crippen molar-refractivity contribution >= 4 is 0 Å². The normalized spacial score (nSPS) is 18.8. The van der Waals surface area contributed by atoms with Gasteiger partial charge in [-0.25, -0.2) is 4.39 Å². The number of halogens is 1. The number of alkyl halides is 1. The van der Waals surface area contributed by atoms with Crippen LogP contribution in [0.5, 0.6) is 0 Å². The van der Waals surface area contributed by atoms with E-state index in [2.05, 4.69) is 13.8 Å². The SMILES string of the molecule is CCCC(C)(F)CCC(C)CC. The summed E-state index contributed by atoms with van der Waals surface area (Å²) in [4.78, 5) is 0. The zero-order valence-corrected chi connectivity index (χ0v) is 8.99. The van der Waals surface area contributed by atoms with Crippen molar-refractivity contribution in [2.45, 2.75) is 65.5 Å². The van der Waals surface area contributed by atoms with E-state index in [0.717, 1.165) is 19.3 Å². The first-order valence-corrected chi connectivity index (χ1v) is 5.20. The monoisotopic (exact) mass is 174 g/mol. The highest BCUT2D eigenvalue weighted by molar-refractivity contribution is 4.73. The quantitative estimate of drug-likeness (QED) is 0.562. The summed E-state index contributed by atoms with van der Waals surface area (Å²) >= 11 is 0. The van der Waals surface area contributed by atoms with Crippen molar-refractivity contribution in [1.29, 1.82) is 0 Å². The Kier molecular flexibility index (Phi) is 5.52. The Bertz CT molecular complexity index is 108. The van der Waals surface area contributed by atoms with Crippen molar-refractivity contribution in [2.24, 2.45) is 5.92 Å². The van der Waals surface area contributed by atoms with E-state index in [4.69, 9.17) is 0 Å². The lowest BCUT2D eigenvalue weighted by molar-refractivity contribution is 0.148. The molecule has 0 aliphatic carbocycles. The second kappa shape index (κ2) is 5.55. The lowest BCUT2D eigenvalue weighted by atomic mass is 9.91. The molecule has 0 radical (unpaired) electrons. The van der Waals surface area contributed by atoms with Crippen molar-refractivity contribution in [3.05, 3.63) is 0 Å². The minimum atomic E-state index is -0.918. The van der Waals surface area contributed by atoms with E-state index in [0.29, 0.717) is 12.3 Å². The van der Waals surface area contributed by atoms with Crippen LogP contribution in [0.2, 0.25) is 0 Å². The van der Waals surface area contributed by atoms with Crippen LogP contribution in [0.25, 0.3) is 0 Å². The first kappa shape index (κ1) is 11.9. The van der Waals surface area contributed by atoms with Crippen molar-refractivity contribution in [3.63, 3.8) is 0 Å². The van der Waals surface area contributed by atoms with Gasteiger partial charge in [0, 0.05) is 0 Å². The largest absolute Gasteiger partial charge is 0.244 e. The van der Waals surface area contributed by atoms with E-state index in [-0.39, 0.29) is 0 Å². The summed E-state index contributed by atoms with van der Waals surface area (Å²) in [7, 11) is 0. The summed E-state index contributed by atoms with van der Waals surface area (Å²) in [5, 5.41) is 0. The zero-order chi connectivity index (χ0) is 9.61. The van der Waals surface area contributed by atoms with Crippen molar-refractivity contribution < 1.29 is 4.39 Å². The first-order chi connectivity index (χ1) is 5.52. The molecule has 0 nitrogen and oxygen atoms in total. The van der Waals surface area contributed by atoms with E-state index in [9.17, 15) is 4.39 Å². The predicted molar refractivity (Wildman–Crippen MR) is 53.1 cm³/mol. The molecule has 0 heterocycles. The Morgan fingerprint density at radius 3 is 2.25 bits per heavy atom. The second-order valence-electron chi connectivity index (χ2n) is 4.22. The smallest absolute Gasteiger partial charge is 0.108 e. The summed E-state index contributed by atoms with van der Waals surface area (Å²) in [6, 6.07) is 0. The van der Waals surface area contributed by atoms with Crippen LogP contribution in [-0.4, -0.2) is 5.67 Å². The zero-order valence-electron chi connectivity index (χ0n) is 8.99. The third kappa shape index (κ3) is 5.56. The molecule has 2 unspecified atom stereocenters. The molecule has 0 saturated carbocycles. The molecule has 0 fully saturated rings. The lowest BCUT2D eigenvalue weighted by Gasteiger charge is -2.21. The van der Waals surface area contributed by atoms with Crippen LogP contribution in [-0.2, 0) is 0 Å². The molecule has 0 aliphatic rings. The average molecular weight is 174 g/mol. The molecule has 0 bridgehead atoms. The van der Waals surface area contributed by atoms with Gasteiger partial charge in [0.15, 0.2) is 0 Å². The summed E-state index contributed by atoms with van der Waals surface area (Å²) in [5.41, 5.74) is -0.918. The van der Waals surface area contributed by atoms with Crippen LogP contribution in [0.15, 0.2) is 0 Å². The minimum absolute atomic E-state index is 0.678. The number of hydrogen-bond donors (Lipinski definition) is 0. The van der Waals surface area contributed by atoms with Gasteiger partial charge in [-0.15, -0.1) is 0 Å². The van der Waals surface area contributed by atoms with Gasteiger partial charge in [0.1, 0.15) is 5.67 Å². The van der Waals surface area contributed by atoms with Gasteiger partial charge >= 0.3 is 0 Å². The molecule has 12 heavy (non-hydrogen) atoms. The Hall–Kier alpha value is -0.0700. The molecule has 0 N–H and O–H groups in total. The van der Waals surface area contributed by atoms with Gasteiger partial charge in [-0.05, 0) is 32.1 Å². The highest BCUT2D eigenvalue weighted by atomic mass is 19.1. The lowest BCUT2D eigenvalue weighted by Crippen LogP contribution is -2.18. The molecular weight excluding hydrogens is 151 g/mol. The van der Waals surface area contributed by atoms with E-state index < -0.39 is 5.67 Å². The fourth-order valence-corrected chi connectivity index (χ4v) is 1.40. The molecule has 1 heteroatoms. The van der Waals surface area contributed by atoms with E-state index in [1.165, 1.54) is 6.42 Å². The van der Waals surface area contributed by atoms with Crippen LogP contribution in [0.3, 0.4) is 0 Å². The maximum absolute atomic E-state index is 13.6. The third-order valence-electron chi connectivity index (χ3n) is 2.63. The van der Waals surface area contributed by atoms with Crippen LogP contribution in [0.1, 0.15) is 59.8 Å².